The van der Waals surface area contributed by atoms with Crippen molar-refractivity contribution in [3.63, 3.8) is 0 Å². The third kappa shape index (κ3) is 43.8. The highest BCUT2D eigenvalue weighted by Gasteiger charge is 2.27. The molecular formula is C48H91NO8P+. The summed E-state index contributed by atoms with van der Waals surface area (Å²) in [5.41, 5.74) is 0. The number of nitrogens with zero attached hydrogens (tertiary/aromatic N) is 1. The maximum absolute atomic E-state index is 12.6. The van der Waals surface area contributed by atoms with E-state index < -0.39 is 26.5 Å². The fraction of sp³-hybridized carbons (Fsp3) is 0.833. The smallest absolute Gasteiger partial charge is 0.462 e. The zero-order chi connectivity index (χ0) is 42.8. The number of ether oxygens (including phenoxy) is 2. The van der Waals surface area contributed by atoms with Gasteiger partial charge in [0.2, 0.25) is 0 Å². The molecule has 1 N–H and O–H groups in total. The van der Waals surface area contributed by atoms with Gasteiger partial charge in [0.25, 0.3) is 0 Å². The van der Waals surface area contributed by atoms with Crippen molar-refractivity contribution in [1.82, 2.24) is 0 Å². The number of allylic oxidation sites excluding steroid dienone is 6. The number of likely N-dealkylation sites (N-methyl/N-ethyl adjacent to an activating group) is 1. The van der Waals surface area contributed by atoms with Crippen molar-refractivity contribution in [3.8, 4) is 0 Å². The van der Waals surface area contributed by atoms with Gasteiger partial charge in [-0.2, -0.15) is 0 Å². The quantitative estimate of drug-likeness (QED) is 0.0213. The normalized spacial score (nSPS) is 13.8. The lowest BCUT2D eigenvalue weighted by Gasteiger charge is -2.24. The number of esters is 2. The van der Waals surface area contributed by atoms with Crippen LogP contribution < -0.4 is 0 Å². The van der Waals surface area contributed by atoms with E-state index in [-0.39, 0.29) is 32.0 Å². The SMILES string of the molecule is CCCCCCCC/C=C/C/C=C/CCC(=O)OC(COC(=O)CCCCCCCCC/C=C/CCCCCCCCCCCC)COP(=O)(O)OCC[N+](C)(C)C. The van der Waals surface area contributed by atoms with Crippen molar-refractivity contribution in [1.29, 1.82) is 0 Å². The van der Waals surface area contributed by atoms with Crippen LogP contribution in [0.2, 0.25) is 0 Å². The van der Waals surface area contributed by atoms with E-state index in [1.54, 1.807) is 0 Å². The number of unbranched alkanes of at least 4 members (excludes halogenated alkanes) is 23. The van der Waals surface area contributed by atoms with Crippen molar-refractivity contribution in [2.45, 2.75) is 213 Å². The van der Waals surface area contributed by atoms with Crippen molar-refractivity contribution >= 4 is 19.8 Å². The van der Waals surface area contributed by atoms with E-state index in [1.165, 1.54) is 135 Å². The summed E-state index contributed by atoms with van der Waals surface area (Å²) in [4.78, 5) is 35.4. The Bertz CT molecular complexity index is 1090. The molecule has 0 saturated carbocycles. The summed E-state index contributed by atoms with van der Waals surface area (Å²) >= 11 is 0. The van der Waals surface area contributed by atoms with Gasteiger partial charge in [-0.1, -0.05) is 172 Å². The summed E-state index contributed by atoms with van der Waals surface area (Å²) in [7, 11) is 1.44. The highest BCUT2D eigenvalue weighted by Crippen LogP contribution is 2.43. The number of phosphoric ester groups is 1. The summed E-state index contributed by atoms with van der Waals surface area (Å²) in [6, 6.07) is 0. The predicted molar refractivity (Wildman–Crippen MR) is 243 cm³/mol. The second-order valence-corrected chi connectivity index (χ2v) is 18.6. The number of quaternary nitrogens is 1. The van der Waals surface area contributed by atoms with Gasteiger partial charge in [-0.3, -0.25) is 18.6 Å². The molecule has 0 spiro atoms. The molecular weight excluding hydrogens is 750 g/mol. The average molecular weight is 841 g/mol. The topological polar surface area (TPSA) is 108 Å². The standard InChI is InChI=1S/C48H90NO8P/c1-6-8-10-12-14-16-18-20-21-22-23-24-25-26-27-29-30-32-34-36-38-40-47(50)54-44-46(45-56-58(52,53)55-43-42-49(3,4)5)57-48(51)41-39-37-35-33-31-28-19-17-15-13-11-9-7-2/h24-25,28,31,35,37,46H,6-23,26-27,29-30,32-34,36,38-45H2,1-5H3/p+1/b25-24+,31-28+,37-35+. The molecule has 0 radical (unpaired) electrons. The van der Waals surface area contributed by atoms with E-state index in [9.17, 15) is 19.0 Å². The van der Waals surface area contributed by atoms with Crippen LogP contribution >= 0.6 is 7.82 Å². The van der Waals surface area contributed by atoms with Crippen LogP contribution in [0.4, 0.5) is 0 Å². The van der Waals surface area contributed by atoms with E-state index >= 15 is 0 Å². The van der Waals surface area contributed by atoms with Crippen molar-refractivity contribution in [3.05, 3.63) is 36.5 Å². The van der Waals surface area contributed by atoms with E-state index in [2.05, 4.69) is 38.2 Å². The highest BCUT2D eigenvalue weighted by molar-refractivity contribution is 7.47. The molecule has 2 unspecified atom stereocenters. The molecule has 0 aromatic heterocycles. The second kappa shape index (κ2) is 40.6. The van der Waals surface area contributed by atoms with E-state index in [4.69, 9.17) is 18.5 Å². The number of hydrogen-bond acceptors (Lipinski definition) is 7. The van der Waals surface area contributed by atoms with E-state index in [0.29, 0.717) is 17.4 Å². The minimum atomic E-state index is -4.39. The summed E-state index contributed by atoms with van der Waals surface area (Å²) in [5, 5.41) is 0. The first-order valence-electron chi connectivity index (χ1n) is 23.7. The van der Waals surface area contributed by atoms with Crippen molar-refractivity contribution in [2.75, 3.05) is 47.5 Å². The Morgan fingerprint density at radius 2 is 0.966 bits per heavy atom. The van der Waals surface area contributed by atoms with Gasteiger partial charge < -0.3 is 18.9 Å². The van der Waals surface area contributed by atoms with Gasteiger partial charge in [-0.15, -0.1) is 0 Å². The largest absolute Gasteiger partial charge is 0.472 e. The molecule has 0 bridgehead atoms. The van der Waals surface area contributed by atoms with Crippen LogP contribution in [0.5, 0.6) is 0 Å². The molecule has 0 rings (SSSR count). The van der Waals surface area contributed by atoms with Crippen LogP contribution in [0.1, 0.15) is 206 Å². The Balaban J connectivity index is 4.30. The summed E-state index contributed by atoms with van der Waals surface area (Å²) < 4.78 is 34.2. The molecule has 0 aromatic rings. The number of carbonyl (C=O) groups excluding carboxylic acids is 2. The predicted octanol–water partition coefficient (Wildman–Crippen LogP) is 13.7. The molecule has 340 valence electrons. The Labute approximate surface area is 357 Å². The van der Waals surface area contributed by atoms with E-state index in [0.717, 1.165) is 38.5 Å². The molecule has 2 atom stereocenters. The van der Waals surface area contributed by atoms with Gasteiger partial charge in [0.05, 0.1) is 27.7 Å². The first-order valence-corrected chi connectivity index (χ1v) is 25.2. The van der Waals surface area contributed by atoms with Crippen LogP contribution in [0.15, 0.2) is 36.5 Å². The first kappa shape index (κ1) is 56.2. The fourth-order valence-electron chi connectivity index (χ4n) is 6.41. The van der Waals surface area contributed by atoms with Gasteiger partial charge in [0.15, 0.2) is 6.10 Å². The average Bonchev–Trinajstić information content (AvgIpc) is 3.17. The van der Waals surface area contributed by atoms with Crippen LogP contribution in [-0.2, 0) is 32.7 Å². The van der Waals surface area contributed by atoms with Gasteiger partial charge in [0, 0.05) is 12.8 Å². The lowest BCUT2D eigenvalue weighted by Crippen LogP contribution is -2.37. The Hall–Kier alpha value is -1.77. The summed E-state index contributed by atoms with van der Waals surface area (Å²) in [5.74, 6) is -0.878. The maximum Gasteiger partial charge on any atom is 0.472 e. The molecule has 10 heteroatoms. The zero-order valence-corrected chi connectivity index (χ0v) is 39.2. The molecule has 0 aliphatic carbocycles. The zero-order valence-electron chi connectivity index (χ0n) is 38.3. The second-order valence-electron chi connectivity index (χ2n) is 17.1. The van der Waals surface area contributed by atoms with Crippen LogP contribution in [0.25, 0.3) is 0 Å². The minimum absolute atomic E-state index is 0.0220. The molecule has 9 nitrogen and oxygen atoms in total. The maximum atomic E-state index is 12.6. The number of carbonyl (C=O) groups is 2. The lowest BCUT2D eigenvalue weighted by atomic mass is 10.1. The number of hydrogen-bond donors (Lipinski definition) is 1. The van der Waals surface area contributed by atoms with Crippen LogP contribution in [0.3, 0.4) is 0 Å². The minimum Gasteiger partial charge on any atom is -0.462 e. The fourth-order valence-corrected chi connectivity index (χ4v) is 7.16. The first-order chi connectivity index (χ1) is 28.0. The monoisotopic (exact) mass is 841 g/mol. The number of phosphoric acid groups is 1. The summed E-state index contributed by atoms with van der Waals surface area (Å²) in [6.45, 7) is 4.36. The van der Waals surface area contributed by atoms with Gasteiger partial charge in [-0.25, -0.2) is 4.57 Å². The molecule has 0 aliphatic heterocycles. The lowest BCUT2D eigenvalue weighted by molar-refractivity contribution is -0.870. The van der Waals surface area contributed by atoms with Crippen molar-refractivity contribution in [2.24, 2.45) is 0 Å². The van der Waals surface area contributed by atoms with Gasteiger partial charge in [-0.05, 0) is 57.8 Å². The van der Waals surface area contributed by atoms with Gasteiger partial charge >= 0.3 is 19.8 Å². The Morgan fingerprint density at radius 3 is 1.45 bits per heavy atom. The van der Waals surface area contributed by atoms with Crippen LogP contribution in [-0.4, -0.2) is 74.9 Å². The van der Waals surface area contributed by atoms with Crippen LogP contribution in [0, 0.1) is 0 Å². The molecule has 0 heterocycles. The third-order valence-corrected chi connectivity index (χ3v) is 11.1. The van der Waals surface area contributed by atoms with Crippen molar-refractivity contribution < 1.29 is 42.1 Å². The Morgan fingerprint density at radius 1 is 0.534 bits per heavy atom. The summed E-state index contributed by atoms with van der Waals surface area (Å²) in [6.07, 6.45) is 46.5. The molecule has 0 saturated heterocycles. The molecule has 0 aromatic carbocycles. The Kier molecular flexibility index (Phi) is 39.4. The third-order valence-electron chi connectivity index (χ3n) is 10.2. The van der Waals surface area contributed by atoms with Gasteiger partial charge in [0.1, 0.15) is 19.8 Å². The molecule has 0 amide bonds. The molecule has 58 heavy (non-hydrogen) atoms. The molecule has 0 fully saturated rings. The number of rotatable bonds is 43. The molecule has 0 aliphatic rings. The van der Waals surface area contributed by atoms with E-state index in [1.807, 2.05) is 33.3 Å². The highest BCUT2D eigenvalue weighted by atomic mass is 31.2.